The largest absolute Gasteiger partial charge is 0.465 e. The van der Waals surface area contributed by atoms with Crippen LogP contribution in [0, 0.1) is 6.92 Å². The molecule has 0 spiro atoms. The molecule has 0 bridgehead atoms. The molecule has 2 aromatic rings. The summed E-state index contributed by atoms with van der Waals surface area (Å²) >= 11 is 0. The summed E-state index contributed by atoms with van der Waals surface area (Å²) in [7, 11) is -7.21. The third-order valence-electron chi connectivity index (χ3n) is 4.87. The van der Waals surface area contributed by atoms with Crippen molar-refractivity contribution in [2.24, 2.45) is 0 Å². The van der Waals surface area contributed by atoms with E-state index < -0.39 is 48.5 Å². The quantitative estimate of drug-likeness (QED) is 0.316. The molecular formula is C23H21NO10S2. The highest BCUT2D eigenvalue weighted by Crippen LogP contribution is 2.35. The number of ether oxygens (including phenoxy) is 2. The Morgan fingerprint density at radius 2 is 1.53 bits per heavy atom. The summed E-state index contributed by atoms with van der Waals surface area (Å²) in [6.07, 6.45) is 5.28. The second-order valence-electron chi connectivity index (χ2n) is 7.27. The van der Waals surface area contributed by atoms with Crippen molar-refractivity contribution in [1.29, 1.82) is 0 Å². The maximum absolute atomic E-state index is 12.7. The lowest BCUT2D eigenvalue weighted by molar-refractivity contribution is -0.139. The van der Waals surface area contributed by atoms with E-state index in [9.17, 15) is 31.0 Å². The van der Waals surface area contributed by atoms with Gasteiger partial charge in [-0.05, 0) is 43.3 Å². The van der Waals surface area contributed by atoms with Crippen LogP contribution in [0.4, 0.5) is 5.69 Å². The SMILES string of the molecule is COC(=O)C1=C(C(=O)OC)N(c2ccc(OS(=O)(=O)c3ccc(C)cc3)cc2S(=O)(=O)O)C=CC=C1. The molecule has 3 rings (SSSR count). The van der Waals surface area contributed by atoms with Crippen LogP contribution in [-0.2, 0) is 39.3 Å². The van der Waals surface area contributed by atoms with Crippen LogP contribution in [0.25, 0.3) is 0 Å². The van der Waals surface area contributed by atoms with E-state index in [4.69, 9.17) is 13.7 Å². The van der Waals surface area contributed by atoms with Crippen molar-refractivity contribution in [2.75, 3.05) is 19.1 Å². The lowest BCUT2D eigenvalue weighted by Gasteiger charge is -2.25. The Morgan fingerprint density at radius 3 is 2.11 bits per heavy atom. The number of anilines is 1. The molecule has 36 heavy (non-hydrogen) atoms. The van der Waals surface area contributed by atoms with Crippen molar-refractivity contribution in [3.8, 4) is 5.75 Å². The Labute approximate surface area is 207 Å². The Kier molecular flexibility index (Phi) is 7.67. The van der Waals surface area contributed by atoms with Crippen LogP contribution in [0.1, 0.15) is 5.56 Å². The Hall–Kier alpha value is -3.94. The van der Waals surface area contributed by atoms with Crippen molar-refractivity contribution in [1.82, 2.24) is 0 Å². The molecule has 0 radical (unpaired) electrons. The van der Waals surface area contributed by atoms with Gasteiger partial charge in [-0.15, -0.1) is 0 Å². The Bertz CT molecular complexity index is 1500. The molecule has 13 heteroatoms. The number of benzene rings is 2. The molecule has 190 valence electrons. The summed E-state index contributed by atoms with van der Waals surface area (Å²) in [5, 5.41) is 0. The van der Waals surface area contributed by atoms with E-state index in [0.29, 0.717) is 0 Å². The molecule has 0 aliphatic carbocycles. The molecule has 0 unspecified atom stereocenters. The fraction of sp³-hybridized carbons (Fsp3) is 0.130. The standard InChI is InChI=1S/C23H21NO10S2/c1-15-7-10-17(11-8-15)36(30,31)34-16-9-12-19(20(14-16)35(27,28)29)24-13-5-4-6-18(22(25)32-2)21(24)23(26)33-3/h4-14H,1-3H3,(H,27,28,29). The molecule has 1 aliphatic heterocycles. The Balaban J connectivity index is 2.17. The van der Waals surface area contributed by atoms with Crippen LogP contribution >= 0.6 is 0 Å². The summed E-state index contributed by atoms with van der Waals surface area (Å²) < 4.78 is 74.3. The first-order chi connectivity index (χ1) is 16.9. The number of aryl methyl sites for hydroxylation is 1. The van der Waals surface area contributed by atoms with Gasteiger partial charge in [0.2, 0.25) is 0 Å². The van der Waals surface area contributed by atoms with Gasteiger partial charge in [0.25, 0.3) is 10.1 Å². The molecule has 2 aromatic carbocycles. The number of nitrogens with zero attached hydrogens (tertiary/aromatic N) is 1. The molecule has 0 saturated heterocycles. The number of rotatable bonds is 7. The molecule has 0 fully saturated rings. The molecule has 0 amide bonds. The van der Waals surface area contributed by atoms with Crippen molar-refractivity contribution >= 4 is 37.9 Å². The summed E-state index contributed by atoms with van der Waals surface area (Å²) in [6.45, 7) is 1.77. The molecule has 1 N–H and O–H groups in total. The maximum atomic E-state index is 12.7. The van der Waals surface area contributed by atoms with Crippen molar-refractivity contribution < 1.29 is 44.6 Å². The van der Waals surface area contributed by atoms with Crippen LogP contribution in [0.5, 0.6) is 5.75 Å². The first-order valence-electron chi connectivity index (χ1n) is 10.1. The first kappa shape index (κ1) is 26.7. The monoisotopic (exact) mass is 535 g/mol. The van der Waals surface area contributed by atoms with Crippen LogP contribution < -0.4 is 9.08 Å². The minimum absolute atomic E-state index is 0.175. The second kappa shape index (κ2) is 10.4. The van der Waals surface area contributed by atoms with Crippen LogP contribution in [0.2, 0.25) is 0 Å². The lowest BCUT2D eigenvalue weighted by atomic mass is 10.1. The van der Waals surface area contributed by atoms with Gasteiger partial charge in [-0.1, -0.05) is 23.8 Å². The van der Waals surface area contributed by atoms with E-state index in [2.05, 4.69) is 0 Å². The predicted molar refractivity (Wildman–Crippen MR) is 127 cm³/mol. The number of esters is 2. The minimum Gasteiger partial charge on any atom is -0.465 e. The molecule has 0 saturated carbocycles. The van der Waals surface area contributed by atoms with Gasteiger partial charge in [0.15, 0.2) is 0 Å². The van der Waals surface area contributed by atoms with E-state index in [1.165, 1.54) is 36.6 Å². The van der Waals surface area contributed by atoms with E-state index in [1.807, 2.05) is 0 Å². The molecule has 0 aromatic heterocycles. The zero-order valence-electron chi connectivity index (χ0n) is 19.2. The van der Waals surface area contributed by atoms with Gasteiger partial charge in [0.05, 0.1) is 25.5 Å². The minimum atomic E-state index is -5.00. The molecule has 1 aliphatic rings. The first-order valence-corrected chi connectivity index (χ1v) is 12.9. The maximum Gasteiger partial charge on any atom is 0.355 e. The van der Waals surface area contributed by atoms with Crippen LogP contribution in [0.3, 0.4) is 0 Å². The molecule has 0 atom stereocenters. The number of methoxy groups -OCH3 is 2. The Morgan fingerprint density at radius 1 is 0.889 bits per heavy atom. The fourth-order valence-electron chi connectivity index (χ4n) is 3.18. The highest BCUT2D eigenvalue weighted by Gasteiger charge is 2.31. The highest BCUT2D eigenvalue weighted by atomic mass is 32.2. The number of allylic oxidation sites excluding steroid dienone is 2. The number of carbonyl (C=O) groups is 2. The highest BCUT2D eigenvalue weighted by molar-refractivity contribution is 7.87. The zero-order chi connectivity index (χ0) is 26.7. The fourth-order valence-corrected chi connectivity index (χ4v) is 4.80. The lowest BCUT2D eigenvalue weighted by Crippen LogP contribution is -2.28. The molecule has 1 heterocycles. The van der Waals surface area contributed by atoms with Crippen LogP contribution in [0.15, 0.2) is 88.0 Å². The van der Waals surface area contributed by atoms with Gasteiger partial charge < -0.3 is 18.6 Å². The predicted octanol–water partition coefficient (Wildman–Crippen LogP) is 2.50. The number of carbonyl (C=O) groups excluding carboxylic acids is 2. The van der Waals surface area contributed by atoms with E-state index in [0.717, 1.165) is 42.9 Å². The van der Waals surface area contributed by atoms with Gasteiger partial charge in [-0.25, -0.2) is 9.59 Å². The third kappa shape index (κ3) is 5.64. The van der Waals surface area contributed by atoms with E-state index in [1.54, 1.807) is 19.1 Å². The molecular weight excluding hydrogens is 514 g/mol. The summed E-state index contributed by atoms with van der Waals surface area (Å²) in [6, 6.07) is 8.74. The second-order valence-corrected chi connectivity index (χ2v) is 10.2. The van der Waals surface area contributed by atoms with Gasteiger partial charge >= 0.3 is 22.1 Å². The summed E-state index contributed by atoms with van der Waals surface area (Å²) in [4.78, 5) is 24.9. The zero-order valence-corrected chi connectivity index (χ0v) is 20.9. The van der Waals surface area contributed by atoms with Crippen molar-refractivity contribution in [3.63, 3.8) is 0 Å². The van der Waals surface area contributed by atoms with Gasteiger partial charge in [-0.2, -0.15) is 16.8 Å². The average molecular weight is 536 g/mol. The topological polar surface area (TPSA) is 154 Å². The third-order valence-corrected chi connectivity index (χ3v) is 7.02. The van der Waals surface area contributed by atoms with Gasteiger partial charge in [-0.3, -0.25) is 4.55 Å². The van der Waals surface area contributed by atoms with Crippen molar-refractivity contribution in [3.05, 3.63) is 83.7 Å². The number of hydrogen-bond donors (Lipinski definition) is 1. The molecule has 11 nitrogen and oxygen atoms in total. The average Bonchev–Trinajstić information content (AvgIpc) is 3.05. The van der Waals surface area contributed by atoms with Gasteiger partial charge in [0, 0.05) is 12.3 Å². The van der Waals surface area contributed by atoms with Gasteiger partial charge in [0.1, 0.15) is 21.2 Å². The van der Waals surface area contributed by atoms with Crippen LogP contribution in [-0.4, -0.2) is 47.5 Å². The summed E-state index contributed by atoms with van der Waals surface area (Å²) in [5.41, 5.74) is -0.176. The van der Waals surface area contributed by atoms with E-state index >= 15 is 0 Å². The van der Waals surface area contributed by atoms with Crippen molar-refractivity contribution in [2.45, 2.75) is 16.7 Å². The number of hydrogen-bond acceptors (Lipinski definition) is 10. The normalized spacial score (nSPS) is 13.8. The summed E-state index contributed by atoms with van der Waals surface area (Å²) in [5.74, 6) is -2.37. The van der Waals surface area contributed by atoms with E-state index in [-0.39, 0.29) is 16.2 Å². The smallest absolute Gasteiger partial charge is 0.355 e.